The van der Waals surface area contributed by atoms with E-state index in [0.29, 0.717) is 0 Å². The maximum Gasteiger partial charge on any atom is -0.00208 e. The number of rotatable bonds is 2. The maximum absolute atomic E-state index is 3.38. The van der Waals surface area contributed by atoms with Crippen molar-refractivity contribution in [2.24, 2.45) is 23.7 Å². The molecule has 0 heterocycles. The number of hydrogen-bond donors (Lipinski definition) is 1. The molecule has 1 nitrogen and oxygen atoms in total. The lowest BCUT2D eigenvalue weighted by Gasteiger charge is -2.43. The predicted octanol–water partition coefficient (Wildman–Crippen LogP) is 3.06. The van der Waals surface area contributed by atoms with Gasteiger partial charge in [-0.3, -0.25) is 0 Å². The summed E-state index contributed by atoms with van der Waals surface area (Å²) in [7, 11) is 2.11. The molecule has 1 heteroatoms. The first kappa shape index (κ1) is 10.5. The van der Waals surface area contributed by atoms with Crippen molar-refractivity contribution in [3.8, 4) is 0 Å². The standard InChI is InChI=1S/C13H25N/c1-10-6-7-13-11(8-10)4-3-5-12(13)9-14-2/h10-14H,3-9H2,1-2H3. The molecule has 0 radical (unpaired) electrons. The summed E-state index contributed by atoms with van der Waals surface area (Å²) in [6.07, 6.45) is 9.01. The SMILES string of the molecule is CNCC1CCCC2CC(C)CCC12. The minimum absolute atomic E-state index is 0.992. The quantitative estimate of drug-likeness (QED) is 0.714. The minimum Gasteiger partial charge on any atom is -0.319 e. The molecule has 4 unspecified atom stereocenters. The van der Waals surface area contributed by atoms with Crippen LogP contribution in [0.15, 0.2) is 0 Å². The Morgan fingerprint density at radius 2 is 2.00 bits per heavy atom. The fourth-order valence-electron chi connectivity index (χ4n) is 3.85. The van der Waals surface area contributed by atoms with Gasteiger partial charge >= 0.3 is 0 Å². The molecule has 2 saturated carbocycles. The maximum atomic E-state index is 3.38. The van der Waals surface area contributed by atoms with Crippen molar-refractivity contribution in [2.75, 3.05) is 13.6 Å². The summed E-state index contributed by atoms with van der Waals surface area (Å²) in [6, 6.07) is 0. The third kappa shape index (κ3) is 2.13. The van der Waals surface area contributed by atoms with Gasteiger partial charge in [0.2, 0.25) is 0 Å². The van der Waals surface area contributed by atoms with E-state index >= 15 is 0 Å². The molecule has 2 aliphatic rings. The molecule has 0 aromatic carbocycles. The van der Waals surface area contributed by atoms with E-state index in [2.05, 4.69) is 19.3 Å². The zero-order valence-corrected chi connectivity index (χ0v) is 9.76. The number of hydrogen-bond acceptors (Lipinski definition) is 1. The summed E-state index contributed by atoms with van der Waals surface area (Å²) in [4.78, 5) is 0. The van der Waals surface area contributed by atoms with Crippen molar-refractivity contribution in [3.63, 3.8) is 0 Å². The van der Waals surface area contributed by atoms with Crippen molar-refractivity contribution in [3.05, 3.63) is 0 Å². The molecule has 2 fully saturated rings. The second kappa shape index (κ2) is 4.65. The molecule has 0 aromatic heterocycles. The van der Waals surface area contributed by atoms with Gasteiger partial charge in [0, 0.05) is 0 Å². The normalized spacial score (nSPS) is 43.3. The molecule has 2 aliphatic carbocycles. The van der Waals surface area contributed by atoms with Gasteiger partial charge < -0.3 is 5.32 Å². The van der Waals surface area contributed by atoms with Crippen molar-refractivity contribution in [2.45, 2.75) is 45.4 Å². The Labute approximate surface area is 88.7 Å². The van der Waals surface area contributed by atoms with Gasteiger partial charge in [-0.15, -0.1) is 0 Å². The van der Waals surface area contributed by atoms with Crippen LogP contribution in [0.3, 0.4) is 0 Å². The first-order valence-electron chi connectivity index (χ1n) is 6.46. The molecule has 0 saturated heterocycles. The van der Waals surface area contributed by atoms with Gasteiger partial charge in [0.25, 0.3) is 0 Å². The summed E-state index contributed by atoms with van der Waals surface area (Å²) >= 11 is 0. The number of fused-ring (bicyclic) bond motifs is 1. The van der Waals surface area contributed by atoms with Crippen molar-refractivity contribution >= 4 is 0 Å². The van der Waals surface area contributed by atoms with Gasteiger partial charge in [0.05, 0.1) is 0 Å². The monoisotopic (exact) mass is 195 g/mol. The van der Waals surface area contributed by atoms with E-state index in [1.54, 1.807) is 0 Å². The highest BCUT2D eigenvalue weighted by molar-refractivity contribution is 4.87. The third-order valence-corrected chi connectivity index (χ3v) is 4.53. The molecule has 4 atom stereocenters. The molecule has 0 aliphatic heterocycles. The van der Waals surface area contributed by atoms with Crippen LogP contribution in [-0.2, 0) is 0 Å². The van der Waals surface area contributed by atoms with E-state index in [9.17, 15) is 0 Å². The van der Waals surface area contributed by atoms with Gasteiger partial charge in [-0.2, -0.15) is 0 Å². The minimum atomic E-state index is 0.992. The molecule has 14 heavy (non-hydrogen) atoms. The van der Waals surface area contributed by atoms with Crippen molar-refractivity contribution in [1.82, 2.24) is 5.32 Å². The van der Waals surface area contributed by atoms with Gasteiger partial charge in [-0.25, -0.2) is 0 Å². The highest BCUT2D eigenvalue weighted by Gasteiger charge is 2.36. The van der Waals surface area contributed by atoms with E-state index in [1.807, 2.05) is 0 Å². The second-order valence-electron chi connectivity index (χ2n) is 5.59. The average molecular weight is 195 g/mol. The first-order chi connectivity index (χ1) is 6.81. The Morgan fingerprint density at radius 1 is 1.14 bits per heavy atom. The average Bonchev–Trinajstić information content (AvgIpc) is 2.18. The van der Waals surface area contributed by atoms with Crippen LogP contribution >= 0.6 is 0 Å². The molecule has 0 spiro atoms. The zero-order valence-electron chi connectivity index (χ0n) is 9.76. The molecule has 0 amide bonds. The number of nitrogens with one attached hydrogen (secondary N) is 1. The van der Waals surface area contributed by atoms with E-state index in [0.717, 1.165) is 23.7 Å². The lowest BCUT2D eigenvalue weighted by molar-refractivity contribution is 0.0807. The summed E-state index contributed by atoms with van der Waals surface area (Å²) < 4.78 is 0. The Morgan fingerprint density at radius 3 is 2.79 bits per heavy atom. The van der Waals surface area contributed by atoms with Crippen molar-refractivity contribution < 1.29 is 0 Å². The predicted molar refractivity (Wildman–Crippen MR) is 61.3 cm³/mol. The summed E-state index contributed by atoms with van der Waals surface area (Å²) in [5.41, 5.74) is 0. The summed E-state index contributed by atoms with van der Waals surface area (Å²) in [6.45, 7) is 3.70. The van der Waals surface area contributed by atoms with E-state index < -0.39 is 0 Å². The first-order valence-corrected chi connectivity index (χ1v) is 6.46. The zero-order chi connectivity index (χ0) is 9.97. The Kier molecular flexibility index (Phi) is 3.48. The molecule has 0 aromatic rings. The molecular formula is C13H25N. The molecule has 2 rings (SSSR count). The molecule has 0 bridgehead atoms. The smallest absolute Gasteiger partial charge is 0.00208 e. The topological polar surface area (TPSA) is 12.0 Å². The fraction of sp³-hybridized carbons (Fsp3) is 1.00. The van der Waals surface area contributed by atoms with Crippen molar-refractivity contribution in [1.29, 1.82) is 0 Å². The van der Waals surface area contributed by atoms with E-state index in [4.69, 9.17) is 0 Å². The molecule has 1 N–H and O–H groups in total. The largest absolute Gasteiger partial charge is 0.319 e. The second-order valence-corrected chi connectivity index (χ2v) is 5.59. The third-order valence-electron chi connectivity index (χ3n) is 4.53. The van der Waals surface area contributed by atoms with Gasteiger partial charge in [0.15, 0.2) is 0 Å². The lowest BCUT2D eigenvalue weighted by Crippen LogP contribution is -2.37. The fourth-order valence-corrected chi connectivity index (χ4v) is 3.85. The Balaban J connectivity index is 1.95. The van der Waals surface area contributed by atoms with Crippen LogP contribution < -0.4 is 5.32 Å². The van der Waals surface area contributed by atoms with Crippen LogP contribution in [0.4, 0.5) is 0 Å². The summed E-state index contributed by atoms with van der Waals surface area (Å²) in [5, 5.41) is 3.38. The molecule has 82 valence electrons. The van der Waals surface area contributed by atoms with Crippen LogP contribution in [-0.4, -0.2) is 13.6 Å². The summed E-state index contributed by atoms with van der Waals surface area (Å²) in [5.74, 6) is 4.13. The van der Waals surface area contributed by atoms with Gasteiger partial charge in [-0.05, 0) is 56.5 Å². The Bertz CT molecular complexity index is 169. The van der Waals surface area contributed by atoms with Crippen LogP contribution in [0.1, 0.15) is 45.4 Å². The highest BCUT2D eigenvalue weighted by atomic mass is 14.8. The lowest BCUT2D eigenvalue weighted by atomic mass is 9.63. The van der Waals surface area contributed by atoms with Gasteiger partial charge in [-0.1, -0.05) is 26.2 Å². The van der Waals surface area contributed by atoms with Crippen LogP contribution in [0.5, 0.6) is 0 Å². The van der Waals surface area contributed by atoms with Crippen LogP contribution in [0, 0.1) is 23.7 Å². The van der Waals surface area contributed by atoms with Gasteiger partial charge in [0.1, 0.15) is 0 Å². The highest BCUT2D eigenvalue weighted by Crippen LogP contribution is 2.45. The van der Waals surface area contributed by atoms with E-state index in [1.165, 1.54) is 45.1 Å². The van der Waals surface area contributed by atoms with Crippen LogP contribution in [0.2, 0.25) is 0 Å². The van der Waals surface area contributed by atoms with E-state index in [-0.39, 0.29) is 0 Å². The Hall–Kier alpha value is -0.0400. The molecular weight excluding hydrogens is 170 g/mol. The van der Waals surface area contributed by atoms with Crippen LogP contribution in [0.25, 0.3) is 0 Å².